The van der Waals surface area contributed by atoms with E-state index in [1.165, 1.54) is 139 Å². The number of unbranched alkanes of at least 4 members (excludes halogenated alkanes) is 12. The Bertz CT molecular complexity index is 3220. The molecule has 7 heterocycles. The van der Waals surface area contributed by atoms with Gasteiger partial charge in [-0.25, -0.2) is 0 Å². The van der Waals surface area contributed by atoms with E-state index in [0.717, 1.165) is 72.4 Å². The largest absolute Gasteiger partial charge is 0.480 e. The molecule has 0 radical (unpaired) electrons. The fourth-order valence-corrected chi connectivity index (χ4v) is 16.6. The quantitative estimate of drug-likeness (QED) is 0.0439. The van der Waals surface area contributed by atoms with Crippen molar-refractivity contribution in [3.63, 3.8) is 0 Å². The van der Waals surface area contributed by atoms with E-state index in [9.17, 15) is 15.8 Å². The van der Waals surface area contributed by atoms with Crippen LogP contribution in [-0.4, -0.2) is 19.7 Å². The molecule has 0 fully saturated rings. The third-order valence-electron chi connectivity index (χ3n) is 15.8. The molecule has 0 N–H and O–H groups in total. The Kier molecular flexibility index (Phi) is 17.1. The topological polar surface area (TPSA) is 102 Å². The summed E-state index contributed by atoms with van der Waals surface area (Å²) in [6, 6.07) is 25.0. The molecule has 0 bridgehead atoms. The van der Waals surface area contributed by atoms with Crippen LogP contribution in [0.15, 0.2) is 77.1 Å². The maximum Gasteiger partial charge on any atom is 0.172 e. The molecule has 2 aromatic carbocycles. The van der Waals surface area contributed by atoms with E-state index in [2.05, 4.69) is 107 Å². The van der Waals surface area contributed by atoms with E-state index in [0.29, 0.717) is 5.57 Å². The molecule has 0 saturated carbocycles. The predicted octanol–water partition coefficient (Wildman–Crippen LogP) is 20.3. The summed E-state index contributed by atoms with van der Waals surface area (Å²) in [7, 11) is 4.19. The average molecular weight is 1080 g/mol. The Hall–Kier alpha value is -5.35. The highest BCUT2D eigenvalue weighted by molar-refractivity contribution is 7.32. The summed E-state index contributed by atoms with van der Waals surface area (Å²) < 4.78 is 26.8. The maximum absolute atomic E-state index is 10.3. The fourth-order valence-electron chi connectivity index (χ4n) is 11.7. The van der Waals surface area contributed by atoms with Crippen molar-refractivity contribution < 1.29 is 14.2 Å². The lowest BCUT2D eigenvalue weighted by atomic mass is 9.73. The summed E-state index contributed by atoms with van der Waals surface area (Å²) in [5.74, 6) is 2.15. The molecule has 392 valence electrons. The molecule has 11 heteroatoms. The van der Waals surface area contributed by atoms with E-state index < -0.39 is 16.8 Å². The molecule has 0 atom stereocenters. The number of benzene rings is 2. The van der Waals surface area contributed by atoms with Gasteiger partial charge in [-0.2, -0.15) is 15.8 Å². The minimum absolute atomic E-state index is 0.0550. The second-order valence-corrected chi connectivity index (χ2v) is 26.0. The first-order valence-corrected chi connectivity index (χ1v) is 31.2. The van der Waals surface area contributed by atoms with Gasteiger partial charge in [-0.15, -0.1) is 45.3 Å². The first-order chi connectivity index (χ1) is 36.4. The lowest BCUT2D eigenvalue weighted by Crippen LogP contribution is -2.39. The molecule has 4 aromatic heterocycles. The molecule has 3 aliphatic heterocycles. The minimum Gasteiger partial charge on any atom is -0.480 e. The number of allylic oxidation sites excluding steroid dienone is 2. The molecule has 7 nitrogen and oxygen atoms in total. The number of nitriles is 3. The summed E-state index contributed by atoms with van der Waals surface area (Å²) in [6.07, 6.45) is 26.7. The minimum atomic E-state index is -0.892. The Morgan fingerprint density at radius 1 is 0.573 bits per heavy atom. The van der Waals surface area contributed by atoms with Gasteiger partial charge in [-0.05, 0) is 113 Å². The zero-order valence-electron chi connectivity index (χ0n) is 45.6. The van der Waals surface area contributed by atoms with Gasteiger partial charge in [0.2, 0.25) is 0 Å². The van der Waals surface area contributed by atoms with Crippen molar-refractivity contribution in [2.45, 2.75) is 187 Å². The molecule has 6 aromatic rings. The zero-order valence-corrected chi connectivity index (χ0v) is 48.8. The summed E-state index contributed by atoms with van der Waals surface area (Å²) in [5, 5.41) is 29.7. The molecule has 0 spiro atoms. The second kappa shape index (κ2) is 23.5. The van der Waals surface area contributed by atoms with Crippen LogP contribution in [-0.2, 0) is 15.9 Å². The highest BCUT2D eigenvalue weighted by Gasteiger charge is 2.48. The maximum atomic E-state index is 10.3. The Balaban J connectivity index is 1.24. The zero-order chi connectivity index (χ0) is 52.9. The fraction of sp³-hybridized carbons (Fsp3) is 0.484. The van der Waals surface area contributed by atoms with E-state index >= 15 is 0 Å². The number of hydrogen-bond acceptors (Lipinski definition) is 11. The lowest BCUT2D eigenvalue weighted by molar-refractivity contribution is 0.0368. The van der Waals surface area contributed by atoms with Crippen molar-refractivity contribution in [2.24, 2.45) is 0 Å². The van der Waals surface area contributed by atoms with Gasteiger partial charge in [0.05, 0.1) is 28.6 Å². The molecule has 3 aliphatic rings. The predicted molar refractivity (Wildman–Crippen MR) is 318 cm³/mol. The van der Waals surface area contributed by atoms with E-state index in [-0.39, 0.29) is 16.9 Å². The summed E-state index contributed by atoms with van der Waals surface area (Å²) in [6.45, 7) is 13.0. The summed E-state index contributed by atoms with van der Waals surface area (Å²) in [5.41, 5.74) is 6.66. The Morgan fingerprint density at radius 2 is 1.05 bits per heavy atom. The summed E-state index contributed by atoms with van der Waals surface area (Å²) >= 11 is 7.38. The Morgan fingerprint density at radius 3 is 1.51 bits per heavy atom. The van der Waals surface area contributed by atoms with Crippen molar-refractivity contribution >= 4 is 75.9 Å². The molecule has 0 saturated heterocycles. The van der Waals surface area contributed by atoms with Gasteiger partial charge in [0.25, 0.3) is 0 Å². The number of fused-ring (bicyclic) bond motifs is 10. The van der Waals surface area contributed by atoms with Crippen molar-refractivity contribution in [1.82, 2.24) is 0 Å². The van der Waals surface area contributed by atoms with Crippen LogP contribution in [0.1, 0.15) is 186 Å². The average Bonchev–Trinajstić information content (AvgIpc) is 4.25. The van der Waals surface area contributed by atoms with Gasteiger partial charge in [0, 0.05) is 57.4 Å². The smallest absolute Gasteiger partial charge is 0.172 e. The van der Waals surface area contributed by atoms with Gasteiger partial charge in [0.1, 0.15) is 40.6 Å². The second-order valence-electron chi connectivity index (χ2n) is 21.8. The van der Waals surface area contributed by atoms with Gasteiger partial charge in [-0.3, -0.25) is 0 Å². The number of anilines is 1. The molecular formula is C64H74N4O3S4. The van der Waals surface area contributed by atoms with Crippen molar-refractivity contribution in [3.8, 4) is 61.0 Å². The van der Waals surface area contributed by atoms with Crippen molar-refractivity contribution in [2.75, 3.05) is 19.0 Å². The first kappa shape index (κ1) is 54.4. The van der Waals surface area contributed by atoms with E-state index in [4.69, 9.17) is 14.2 Å². The van der Waals surface area contributed by atoms with Gasteiger partial charge < -0.3 is 19.1 Å². The number of hydrogen-bond donors (Lipinski definition) is 0. The lowest BCUT2D eigenvalue weighted by Gasteiger charge is -2.44. The highest BCUT2D eigenvalue weighted by atomic mass is 32.1. The SMILES string of the molecule is CCCCCCC1(CCCCCC)Oc2c(sc3cc(/C=C/C4=C(C#N)C(=C(C#N)C#N)OC4(C)C)sc23)-c2cc3c(cc21)-c1sc2cc(-c4ccc(N(C)C)cc4)sc2c1OC3(CCCCCC)CCCCCC. The van der Waals surface area contributed by atoms with E-state index in [1.54, 1.807) is 11.3 Å². The van der Waals surface area contributed by atoms with Crippen molar-refractivity contribution in [3.05, 3.63) is 93.1 Å². The van der Waals surface area contributed by atoms with Crippen LogP contribution < -0.4 is 14.4 Å². The van der Waals surface area contributed by atoms with Crippen LogP contribution in [0.25, 0.3) is 56.2 Å². The van der Waals surface area contributed by atoms with Gasteiger partial charge in [0.15, 0.2) is 22.8 Å². The van der Waals surface area contributed by atoms with Crippen LogP contribution >= 0.6 is 45.3 Å². The van der Waals surface area contributed by atoms with Crippen LogP contribution in [0.2, 0.25) is 0 Å². The van der Waals surface area contributed by atoms with Crippen molar-refractivity contribution in [1.29, 1.82) is 15.8 Å². The van der Waals surface area contributed by atoms with Gasteiger partial charge in [-0.1, -0.05) is 123 Å². The third-order valence-corrected chi connectivity index (χ3v) is 20.6. The molecule has 0 unspecified atom stereocenters. The van der Waals surface area contributed by atoms with Crippen LogP contribution in [0.5, 0.6) is 11.5 Å². The van der Waals surface area contributed by atoms with Crippen LogP contribution in [0.4, 0.5) is 5.69 Å². The van der Waals surface area contributed by atoms with Crippen LogP contribution in [0.3, 0.4) is 0 Å². The third kappa shape index (κ3) is 10.7. The number of rotatable bonds is 24. The monoisotopic (exact) mass is 1070 g/mol. The molecule has 0 amide bonds. The van der Waals surface area contributed by atoms with Gasteiger partial charge >= 0.3 is 0 Å². The number of ether oxygens (including phenoxy) is 3. The number of thiophene rings is 4. The molecule has 75 heavy (non-hydrogen) atoms. The Labute approximate surface area is 462 Å². The molecule has 9 rings (SSSR count). The molecule has 0 aliphatic carbocycles. The normalized spacial score (nSPS) is 15.7. The summed E-state index contributed by atoms with van der Waals surface area (Å²) in [4.78, 5) is 6.97. The number of nitrogens with zero attached hydrogens (tertiary/aromatic N) is 4. The first-order valence-electron chi connectivity index (χ1n) is 27.9. The highest BCUT2D eigenvalue weighted by Crippen LogP contribution is 2.63. The van der Waals surface area contributed by atoms with E-state index in [1.807, 2.05) is 66.1 Å². The molecular weight excluding hydrogens is 1000 g/mol. The van der Waals surface area contributed by atoms with Crippen LogP contribution in [0, 0.1) is 34.0 Å². The standard InChI is InChI=1S/C64H74N4O3S4/c1-9-13-17-21-31-63(32-22-18-14-10-2)50-37-47-51(36-46(50)58-56(70-63)60-53(74-58)35-45(72-60)29-30-49-48(41-67)55(43(39-65)40-66)69-62(49,5)6)64(33-23-19-15-11-3,34-24-20-16-12-4)71-57-59(47)75-54-38-52(73-61(54)57)42-25-27-44(28-26-42)68(7)8/h25-30,35-38H,9-24,31-34H2,1-8H3/b30-29+.